The van der Waals surface area contributed by atoms with Crippen LogP contribution in [0, 0.1) is 29.1 Å². The third-order valence-electron chi connectivity index (χ3n) is 7.13. The van der Waals surface area contributed by atoms with Crippen LogP contribution in [0.25, 0.3) is 0 Å². The summed E-state index contributed by atoms with van der Waals surface area (Å²) in [6.45, 7) is 2.24. The number of hydrogen-bond donors (Lipinski definition) is 1. The van der Waals surface area contributed by atoms with Crippen molar-refractivity contribution in [3.8, 4) is 0 Å². The van der Waals surface area contributed by atoms with E-state index >= 15 is 0 Å². The first-order valence-electron chi connectivity index (χ1n) is 8.50. The molecule has 4 aliphatic rings. The first-order chi connectivity index (χ1) is 9.59. The standard InChI is InChI=1S/C18H26O2/c1-18-9-8-14-13-5-3-12(19)10-11(13)2-4-15(14)16(18)6-7-17(18)20/h2,12-16,19H,3-10H2,1H3/t12-,13?,14?,15?,16?,18+/m1/s1. The lowest BCUT2D eigenvalue weighted by Gasteiger charge is -2.51. The van der Waals surface area contributed by atoms with Gasteiger partial charge in [-0.1, -0.05) is 18.6 Å². The summed E-state index contributed by atoms with van der Waals surface area (Å²) in [7, 11) is 0. The molecule has 1 N–H and O–H groups in total. The van der Waals surface area contributed by atoms with Crippen LogP contribution in [0.3, 0.4) is 0 Å². The zero-order valence-electron chi connectivity index (χ0n) is 12.5. The number of fused-ring (bicyclic) bond motifs is 5. The van der Waals surface area contributed by atoms with Gasteiger partial charge >= 0.3 is 0 Å². The number of Topliss-reactive ketones (excluding diaryl/α,β-unsaturated/α-hetero) is 1. The van der Waals surface area contributed by atoms with E-state index in [1.54, 1.807) is 0 Å². The number of hydrogen-bond acceptors (Lipinski definition) is 2. The molecule has 4 aliphatic carbocycles. The van der Waals surface area contributed by atoms with Gasteiger partial charge in [-0.3, -0.25) is 4.79 Å². The fourth-order valence-corrected chi connectivity index (χ4v) is 6.02. The van der Waals surface area contributed by atoms with Gasteiger partial charge in [0.25, 0.3) is 0 Å². The molecule has 4 rings (SSSR count). The molecule has 2 heteroatoms. The molecule has 0 aromatic rings. The first-order valence-corrected chi connectivity index (χ1v) is 8.50. The van der Waals surface area contributed by atoms with Gasteiger partial charge in [0.15, 0.2) is 0 Å². The lowest BCUT2D eigenvalue weighted by Crippen LogP contribution is -2.46. The highest BCUT2D eigenvalue weighted by Gasteiger charge is 2.55. The van der Waals surface area contributed by atoms with Crippen molar-refractivity contribution in [1.29, 1.82) is 0 Å². The lowest BCUT2D eigenvalue weighted by atomic mass is 9.53. The summed E-state index contributed by atoms with van der Waals surface area (Å²) < 4.78 is 0. The maximum atomic E-state index is 12.3. The second-order valence-corrected chi connectivity index (χ2v) is 7.91. The van der Waals surface area contributed by atoms with Crippen LogP contribution < -0.4 is 0 Å². The quantitative estimate of drug-likeness (QED) is 0.687. The zero-order valence-corrected chi connectivity index (χ0v) is 12.5. The molecule has 0 spiro atoms. The molecule has 0 bridgehead atoms. The maximum Gasteiger partial charge on any atom is 0.139 e. The number of carbonyl (C=O) groups excluding carboxylic acids is 1. The molecule has 20 heavy (non-hydrogen) atoms. The number of rotatable bonds is 0. The summed E-state index contributed by atoms with van der Waals surface area (Å²) in [4.78, 5) is 12.3. The topological polar surface area (TPSA) is 37.3 Å². The van der Waals surface area contributed by atoms with E-state index in [4.69, 9.17) is 0 Å². The molecule has 2 nitrogen and oxygen atoms in total. The summed E-state index contributed by atoms with van der Waals surface area (Å²) in [6, 6.07) is 0. The Morgan fingerprint density at radius 3 is 2.90 bits per heavy atom. The Morgan fingerprint density at radius 1 is 1.20 bits per heavy atom. The van der Waals surface area contributed by atoms with Crippen molar-refractivity contribution < 1.29 is 9.90 Å². The van der Waals surface area contributed by atoms with E-state index in [0.717, 1.165) is 56.3 Å². The monoisotopic (exact) mass is 274 g/mol. The van der Waals surface area contributed by atoms with E-state index in [9.17, 15) is 9.90 Å². The van der Waals surface area contributed by atoms with E-state index in [1.165, 1.54) is 18.4 Å². The van der Waals surface area contributed by atoms with Crippen LogP contribution in [0.4, 0.5) is 0 Å². The second kappa shape index (κ2) is 4.43. The van der Waals surface area contributed by atoms with E-state index in [-0.39, 0.29) is 11.5 Å². The van der Waals surface area contributed by atoms with Gasteiger partial charge in [-0.25, -0.2) is 0 Å². The van der Waals surface area contributed by atoms with Gasteiger partial charge in [0.05, 0.1) is 6.10 Å². The highest BCUT2D eigenvalue weighted by atomic mass is 16.3. The maximum absolute atomic E-state index is 12.3. The van der Waals surface area contributed by atoms with E-state index in [1.807, 2.05) is 0 Å². The van der Waals surface area contributed by atoms with Gasteiger partial charge in [0.2, 0.25) is 0 Å². The Hall–Kier alpha value is -0.630. The van der Waals surface area contributed by atoms with Crippen molar-refractivity contribution >= 4 is 5.78 Å². The average molecular weight is 274 g/mol. The summed E-state index contributed by atoms with van der Waals surface area (Å²) in [5, 5.41) is 9.88. The first kappa shape index (κ1) is 13.1. The van der Waals surface area contributed by atoms with Crippen molar-refractivity contribution in [3.05, 3.63) is 11.6 Å². The van der Waals surface area contributed by atoms with Crippen molar-refractivity contribution in [3.63, 3.8) is 0 Å². The smallest absolute Gasteiger partial charge is 0.139 e. The van der Waals surface area contributed by atoms with Crippen molar-refractivity contribution in [2.24, 2.45) is 29.1 Å². The van der Waals surface area contributed by atoms with Crippen LogP contribution in [-0.2, 0) is 4.79 Å². The second-order valence-electron chi connectivity index (χ2n) is 7.91. The third kappa shape index (κ3) is 1.70. The molecule has 3 fully saturated rings. The summed E-state index contributed by atoms with van der Waals surface area (Å²) in [5.74, 6) is 3.43. The Labute approximate surface area is 121 Å². The summed E-state index contributed by atoms with van der Waals surface area (Å²) in [6.07, 6.45) is 10.9. The molecule has 0 radical (unpaired) electrons. The Bertz CT molecular complexity index is 466. The minimum Gasteiger partial charge on any atom is -0.393 e. The number of aliphatic hydroxyl groups is 1. The van der Waals surface area contributed by atoms with Crippen molar-refractivity contribution in [1.82, 2.24) is 0 Å². The molecular weight excluding hydrogens is 248 g/mol. The molecule has 6 atom stereocenters. The normalized spacial score (nSPS) is 51.0. The summed E-state index contributed by atoms with van der Waals surface area (Å²) >= 11 is 0. The predicted molar refractivity (Wildman–Crippen MR) is 78.1 cm³/mol. The minimum atomic E-state index is -0.101. The molecule has 0 saturated heterocycles. The molecule has 0 aromatic heterocycles. The fourth-order valence-electron chi connectivity index (χ4n) is 6.02. The molecule has 0 aromatic carbocycles. The highest BCUT2D eigenvalue weighted by molar-refractivity contribution is 5.87. The molecule has 0 aliphatic heterocycles. The number of carbonyl (C=O) groups is 1. The van der Waals surface area contributed by atoms with Crippen LogP contribution in [0.1, 0.15) is 58.3 Å². The van der Waals surface area contributed by atoms with Crippen molar-refractivity contribution in [2.75, 3.05) is 0 Å². The Balaban J connectivity index is 1.64. The van der Waals surface area contributed by atoms with E-state index < -0.39 is 0 Å². The van der Waals surface area contributed by atoms with Crippen LogP contribution in [0.15, 0.2) is 11.6 Å². The van der Waals surface area contributed by atoms with Crippen LogP contribution in [-0.4, -0.2) is 17.0 Å². The number of ketones is 1. The minimum absolute atomic E-state index is 0.000685. The van der Waals surface area contributed by atoms with Gasteiger partial charge in [-0.15, -0.1) is 0 Å². The number of aliphatic hydroxyl groups excluding tert-OH is 1. The highest BCUT2D eigenvalue weighted by Crippen LogP contribution is 2.60. The average Bonchev–Trinajstić information content (AvgIpc) is 2.74. The Morgan fingerprint density at radius 2 is 2.05 bits per heavy atom. The van der Waals surface area contributed by atoms with Gasteiger partial charge in [-0.05, 0) is 68.6 Å². The van der Waals surface area contributed by atoms with E-state index in [0.29, 0.717) is 11.7 Å². The molecular formula is C18H26O2. The van der Waals surface area contributed by atoms with Gasteiger partial charge < -0.3 is 5.11 Å². The van der Waals surface area contributed by atoms with Gasteiger partial charge in [0, 0.05) is 11.8 Å². The molecule has 3 saturated carbocycles. The molecule has 0 amide bonds. The van der Waals surface area contributed by atoms with Gasteiger partial charge in [-0.2, -0.15) is 0 Å². The van der Waals surface area contributed by atoms with Crippen LogP contribution in [0.2, 0.25) is 0 Å². The molecule has 0 heterocycles. The molecule has 110 valence electrons. The predicted octanol–water partition coefficient (Wildman–Crippen LogP) is 3.49. The summed E-state index contributed by atoms with van der Waals surface area (Å²) in [5.41, 5.74) is 1.54. The number of allylic oxidation sites excluding steroid dienone is 1. The lowest BCUT2D eigenvalue weighted by molar-refractivity contribution is -0.130. The van der Waals surface area contributed by atoms with Gasteiger partial charge in [0.1, 0.15) is 5.78 Å². The van der Waals surface area contributed by atoms with Crippen LogP contribution in [0.5, 0.6) is 0 Å². The van der Waals surface area contributed by atoms with Crippen molar-refractivity contribution in [2.45, 2.75) is 64.4 Å². The SMILES string of the molecule is C[C@]12CCC3C4CC[C@@H](O)CC4=CCC3C1CCC2=O. The Kier molecular flexibility index (Phi) is 2.89. The molecule has 4 unspecified atom stereocenters. The zero-order chi connectivity index (χ0) is 13.9. The van der Waals surface area contributed by atoms with E-state index in [2.05, 4.69) is 13.0 Å². The largest absolute Gasteiger partial charge is 0.393 e. The third-order valence-corrected chi connectivity index (χ3v) is 7.13. The fraction of sp³-hybridized carbons (Fsp3) is 0.833. The van der Waals surface area contributed by atoms with Crippen LogP contribution >= 0.6 is 0 Å².